The summed E-state index contributed by atoms with van der Waals surface area (Å²) in [6.45, 7) is 6.99. The van der Waals surface area contributed by atoms with Crippen molar-refractivity contribution < 1.29 is 18.4 Å². The van der Waals surface area contributed by atoms with Crippen LogP contribution in [-0.4, -0.2) is 44.2 Å². The van der Waals surface area contributed by atoms with Crippen molar-refractivity contribution in [2.24, 2.45) is 0 Å². The van der Waals surface area contributed by atoms with Crippen LogP contribution in [0.1, 0.15) is 40.0 Å². The maximum atomic E-state index is 9.25. The Hall–Kier alpha value is 0.407. The molecule has 1 fully saturated rings. The van der Waals surface area contributed by atoms with Crippen LogP contribution in [0.15, 0.2) is 0 Å². The van der Waals surface area contributed by atoms with Gasteiger partial charge in [0.15, 0.2) is 0 Å². The second kappa shape index (κ2) is 7.11. The van der Waals surface area contributed by atoms with Gasteiger partial charge in [-0.3, -0.25) is 0 Å². The molecule has 4 nitrogen and oxygen atoms in total. The minimum atomic E-state index is -2.66. The van der Waals surface area contributed by atoms with Gasteiger partial charge in [-0.1, -0.05) is 6.92 Å². The second-order valence-corrected chi connectivity index (χ2v) is 8.41. The third-order valence-corrected chi connectivity index (χ3v) is 7.31. The first kappa shape index (κ1) is 15.5. The molecule has 1 heterocycles. The largest absolute Gasteiger partial charge is 0.514 e. The standard InChI is InChI=1S/C11H24O4SSi/c1-4-11(16)17(13-7-5-9(2)12)14-8-6-10(3)15-17/h9-12,16H,4-8H2,1-3H3. The Morgan fingerprint density at radius 1 is 1.59 bits per heavy atom. The quantitative estimate of drug-likeness (QED) is 0.575. The van der Waals surface area contributed by atoms with Crippen molar-refractivity contribution in [3.05, 3.63) is 0 Å². The summed E-state index contributed by atoms with van der Waals surface area (Å²) in [6, 6.07) is 0. The van der Waals surface area contributed by atoms with Crippen LogP contribution in [0, 0.1) is 0 Å². The minimum absolute atomic E-state index is 0.0132. The third kappa shape index (κ3) is 4.53. The van der Waals surface area contributed by atoms with Gasteiger partial charge in [0.05, 0.1) is 11.0 Å². The van der Waals surface area contributed by atoms with Gasteiger partial charge in [0, 0.05) is 19.3 Å². The van der Waals surface area contributed by atoms with Crippen molar-refractivity contribution in [1.82, 2.24) is 0 Å². The molecule has 0 amide bonds. The summed E-state index contributed by atoms with van der Waals surface area (Å²) in [4.78, 5) is 0.0132. The normalized spacial score (nSPS) is 33.4. The van der Waals surface area contributed by atoms with Crippen LogP contribution in [-0.2, 0) is 13.3 Å². The van der Waals surface area contributed by atoms with Crippen molar-refractivity contribution in [2.75, 3.05) is 13.2 Å². The fourth-order valence-corrected chi connectivity index (χ4v) is 5.08. The van der Waals surface area contributed by atoms with Crippen LogP contribution < -0.4 is 0 Å². The molecule has 0 bridgehead atoms. The summed E-state index contributed by atoms with van der Waals surface area (Å²) in [5.41, 5.74) is 0. The predicted octanol–water partition coefficient (Wildman–Crippen LogP) is 1.79. The van der Waals surface area contributed by atoms with E-state index in [0.717, 1.165) is 12.8 Å². The molecule has 0 aliphatic carbocycles. The molecule has 1 rings (SSSR count). The van der Waals surface area contributed by atoms with E-state index in [2.05, 4.69) is 19.6 Å². The van der Waals surface area contributed by atoms with Gasteiger partial charge in [-0.15, -0.1) is 0 Å². The topological polar surface area (TPSA) is 47.9 Å². The Kier molecular flexibility index (Phi) is 6.47. The van der Waals surface area contributed by atoms with Gasteiger partial charge in [0.25, 0.3) is 0 Å². The molecule has 1 N–H and O–H groups in total. The molecule has 0 aromatic heterocycles. The zero-order valence-corrected chi connectivity index (χ0v) is 12.8. The van der Waals surface area contributed by atoms with E-state index in [9.17, 15) is 5.11 Å². The molecule has 17 heavy (non-hydrogen) atoms. The maximum absolute atomic E-state index is 9.25. The number of aliphatic hydroxyl groups is 1. The fraction of sp³-hybridized carbons (Fsp3) is 1.00. The summed E-state index contributed by atoms with van der Waals surface area (Å²) >= 11 is 4.55. The Balaban J connectivity index is 2.58. The van der Waals surface area contributed by atoms with E-state index in [4.69, 9.17) is 13.3 Å². The molecular weight excluding hydrogens is 256 g/mol. The zero-order chi connectivity index (χ0) is 12.9. The highest BCUT2D eigenvalue weighted by Gasteiger charge is 2.50. The van der Waals surface area contributed by atoms with Gasteiger partial charge in [0.2, 0.25) is 0 Å². The number of thiol groups is 1. The van der Waals surface area contributed by atoms with Crippen LogP contribution in [0.3, 0.4) is 0 Å². The monoisotopic (exact) mass is 280 g/mol. The fourth-order valence-electron chi connectivity index (χ4n) is 1.71. The van der Waals surface area contributed by atoms with E-state index >= 15 is 0 Å². The van der Waals surface area contributed by atoms with Crippen molar-refractivity contribution >= 4 is 21.4 Å². The number of rotatable bonds is 6. The average molecular weight is 280 g/mol. The first-order valence-corrected chi connectivity index (χ1v) is 8.64. The molecule has 0 radical (unpaired) electrons. The van der Waals surface area contributed by atoms with Crippen LogP contribution in [0.5, 0.6) is 0 Å². The van der Waals surface area contributed by atoms with Gasteiger partial charge in [0.1, 0.15) is 0 Å². The zero-order valence-electron chi connectivity index (χ0n) is 10.9. The number of hydrogen-bond donors (Lipinski definition) is 2. The number of hydrogen-bond acceptors (Lipinski definition) is 5. The van der Waals surface area contributed by atoms with E-state index < -0.39 is 8.80 Å². The molecule has 4 atom stereocenters. The molecule has 0 spiro atoms. The van der Waals surface area contributed by atoms with Gasteiger partial charge in [-0.05, 0) is 33.1 Å². The summed E-state index contributed by atoms with van der Waals surface area (Å²) in [5, 5.41) is 9.25. The van der Waals surface area contributed by atoms with E-state index in [-0.39, 0.29) is 17.1 Å². The summed E-state index contributed by atoms with van der Waals surface area (Å²) in [5.74, 6) is 0. The molecule has 0 aromatic rings. The SMILES string of the molecule is CCC(S)[Si]1(OCCC(C)O)OCCC(C)O1. The maximum Gasteiger partial charge on any atom is 0.514 e. The first-order valence-electron chi connectivity index (χ1n) is 6.32. The first-order chi connectivity index (χ1) is 8.00. The Labute approximate surface area is 110 Å². The highest BCUT2D eigenvalue weighted by atomic mass is 32.1. The lowest BCUT2D eigenvalue weighted by Crippen LogP contribution is -2.58. The molecule has 0 aromatic carbocycles. The highest BCUT2D eigenvalue weighted by molar-refractivity contribution is 7.83. The van der Waals surface area contributed by atoms with Crippen LogP contribution >= 0.6 is 12.6 Å². The van der Waals surface area contributed by atoms with Gasteiger partial charge in [-0.2, -0.15) is 12.6 Å². The van der Waals surface area contributed by atoms with Crippen molar-refractivity contribution in [3.8, 4) is 0 Å². The van der Waals surface area contributed by atoms with E-state index in [0.29, 0.717) is 19.6 Å². The predicted molar refractivity (Wildman–Crippen MR) is 72.2 cm³/mol. The van der Waals surface area contributed by atoms with Gasteiger partial charge < -0.3 is 18.4 Å². The summed E-state index contributed by atoms with van der Waals surface area (Å²) in [6.07, 6.45) is 2.17. The molecule has 102 valence electrons. The second-order valence-electron chi connectivity index (χ2n) is 4.58. The Bertz CT molecular complexity index is 230. The molecule has 4 unspecified atom stereocenters. The molecule has 1 aliphatic heterocycles. The lowest BCUT2D eigenvalue weighted by Gasteiger charge is -2.39. The van der Waals surface area contributed by atoms with Gasteiger partial charge >= 0.3 is 8.80 Å². The molecule has 0 saturated carbocycles. The number of aliphatic hydroxyl groups excluding tert-OH is 1. The van der Waals surface area contributed by atoms with Gasteiger partial charge in [-0.25, -0.2) is 0 Å². The average Bonchev–Trinajstić information content (AvgIpc) is 2.27. The molecule has 6 heteroatoms. The van der Waals surface area contributed by atoms with Crippen molar-refractivity contribution in [1.29, 1.82) is 0 Å². The van der Waals surface area contributed by atoms with E-state index in [1.165, 1.54) is 0 Å². The lowest BCUT2D eigenvalue weighted by atomic mass is 10.3. The Morgan fingerprint density at radius 2 is 2.29 bits per heavy atom. The van der Waals surface area contributed by atoms with Crippen LogP contribution in [0.25, 0.3) is 0 Å². The van der Waals surface area contributed by atoms with Crippen LogP contribution in [0.2, 0.25) is 0 Å². The smallest absolute Gasteiger partial charge is 0.393 e. The van der Waals surface area contributed by atoms with E-state index in [1.807, 2.05) is 6.92 Å². The molecular formula is C11H24O4SSi. The van der Waals surface area contributed by atoms with Crippen molar-refractivity contribution in [2.45, 2.75) is 57.1 Å². The van der Waals surface area contributed by atoms with Crippen LogP contribution in [0.4, 0.5) is 0 Å². The molecule has 1 aliphatic rings. The Morgan fingerprint density at radius 3 is 2.82 bits per heavy atom. The lowest BCUT2D eigenvalue weighted by molar-refractivity contribution is -0.0184. The van der Waals surface area contributed by atoms with E-state index in [1.54, 1.807) is 6.92 Å². The third-order valence-electron chi connectivity index (χ3n) is 2.83. The minimum Gasteiger partial charge on any atom is -0.393 e. The highest BCUT2D eigenvalue weighted by Crippen LogP contribution is 2.28. The summed E-state index contributed by atoms with van der Waals surface area (Å²) < 4.78 is 17.6. The summed E-state index contributed by atoms with van der Waals surface area (Å²) in [7, 11) is -2.66. The molecule has 1 saturated heterocycles. The van der Waals surface area contributed by atoms with Crippen molar-refractivity contribution in [3.63, 3.8) is 0 Å².